The number of pyridine rings is 1. The summed E-state index contributed by atoms with van der Waals surface area (Å²) in [6, 6.07) is 5.31. The average molecular weight is 175 g/mol. The third-order valence-corrected chi connectivity index (χ3v) is 1.88. The summed E-state index contributed by atoms with van der Waals surface area (Å²) in [5.41, 5.74) is 1.29. The van der Waals surface area contributed by atoms with E-state index in [1.807, 2.05) is 6.92 Å². The molecule has 0 N–H and O–H groups in total. The van der Waals surface area contributed by atoms with Crippen LogP contribution < -0.4 is 5.63 Å². The molecule has 13 heavy (non-hydrogen) atoms. The minimum absolute atomic E-state index is 0.317. The van der Waals surface area contributed by atoms with Crippen molar-refractivity contribution in [2.24, 2.45) is 0 Å². The molecule has 0 saturated carbocycles. The number of aryl methyl sites for hydroxylation is 2. The molecule has 3 heteroatoms. The second kappa shape index (κ2) is 2.69. The molecule has 0 bridgehead atoms. The lowest BCUT2D eigenvalue weighted by molar-refractivity contribution is 0.488. The van der Waals surface area contributed by atoms with Crippen LogP contribution >= 0.6 is 0 Å². The topological polar surface area (TPSA) is 43.1 Å². The fourth-order valence-electron chi connectivity index (χ4n) is 1.28. The van der Waals surface area contributed by atoms with E-state index in [1.54, 1.807) is 25.1 Å². The zero-order chi connectivity index (χ0) is 9.42. The number of nitrogens with zero attached hydrogens (tertiary/aromatic N) is 1. The summed E-state index contributed by atoms with van der Waals surface area (Å²) in [6.07, 6.45) is 0. The molecular weight excluding hydrogens is 166 g/mol. The van der Waals surface area contributed by atoms with Crippen LogP contribution in [0.2, 0.25) is 0 Å². The monoisotopic (exact) mass is 175 g/mol. The maximum absolute atomic E-state index is 11.3. The quantitative estimate of drug-likeness (QED) is 0.613. The Labute approximate surface area is 75.0 Å². The van der Waals surface area contributed by atoms with Crippen LogP contribution in [0, 0.1) is 13.8 Å². The van der Waals surface area contributed by atoms with Gasteiger partial charge in [0.05, 0.1) is 10.9 Å². The van der Waals surface area contributed by atoms with Gasteiger partial charge in [0.25, 0.3) is 0 Å². The van der Waals surface area contributed by atoms with Gasteiger partial charge < -0.3 is 4.42 Å². The number of hydrogen-bond donors (Lipinski definition) is 0. The Morgan fingerprint density at radius 2 is 2.08 bits per heavy atom. The van der Waals surface area contributed by atoms with Crippen LogP contribution in [0.5, 0.6) is 0 Å². The maximum Gasteiger partial charge on any atom is 0.345 e. The van der Waals surface area contributed by atoms with E-state index < -0.39 is 0 Å². The Balaban J connectivity index is 2.95. The summed E-state index contributed by atoms with van der Waals surface area (Å²) in [4.78, 5) is 15.5. The van der Waals surface area contributed by atoms with Crippen molar-refractivity contribution >= 4 is 10.9 Å². The van der Waals surface area contributed by atoms with Gasteiger partial charge >= 0.3 is 5.63 Å². The highest BCUT2D eigenvalue weighted by molar-refractivity contribution is 5.77. The molecule has 2 heterocycles. The van der Waals surface area contributed by atoms with E-state index in [0.717, 1.165) is 5.69 Å². The van der Waals surface area contributed by atoms with E-state index in [2.05, 4.69) is 4.98 Å². The van der Waals surface area contributed by atoms with Gasteiger partial charge in [-0.3, -0.25) is 4.98 Å². The SMILES string of the molecule is Cc1ccc2c(=O)oc(C)cc2n1. The predicted molar refractivity (Wildman–Crippen MR) is 49.8 cm³/mol. The van der Waals surface area contributed by atoms with Crippen molar-refractivity contribution in [1.82, 2.24) is 4.98 Å². The van der Waals surface area contributed by atoms with Crippen molar-refractivity contribution in [2.45, 2.75) is 13.8 Å². The van der Waals surface area contributed by atoms with Gasteiger partial charge in [-0.1, -0.05) is 0 Å². The van der Waals surface area contributed by atoms with E-state index in [-0.39, 0.29) is 5.63 Å². The Hall–Kier alpha value is -1.64. The molecule has 3 nitrogen and oxygen atoms in total. The van der Waals surface area contributed by atoms with Crippen molar-refractivity contribution in [3.8, 4) is 0 Å². The van der Waals surface area contributed by atoms with Crippen LogP contribution in [-0.2, 0) is 0 Å². The molecule has 0 unspecified atom stereocenters. The van der Waals surface area contributed by atoms with Crippen molar-refractivity contribution in [3.05, 3.63) is 40.1 Å². The van der Waals surface area contributed by atoms with Crippen LogP contribution in [0.4, 0.5) is 0 Å². The van der Waals surface area contributed by atoms with Gasteiger partial charge in [-0.25, -0.2) is 4.79 Å². The van der Waals surface area contributed by atoms with Crippen LogP contribution in [0.25, 0.3) is 10.9 Å². The fourth-order valence-corrected chi connectivity index (χ4v) is 1.28. The second-order valence-electron chi connectivity index (χ2n) is 3.03. The molecule has 0 aliphatic carbocycles. The van der Waals surface area contributed by atoms with E-state index in [9.17, 15) is 4.79 Å². The van der Waals surface area contributed by atoms with Crippen molar-refractivity contribution in [3.63, 3.8) is 0 Å². The molecule has 2 aromatic heterocycles. The molecule has 66 valence electrons. The first-order valence-electron chi connectivity index (χ1n) is 4.05. The lowest BCUT2D eigenvalue weighted by Crippen LogP contribution is -2.01. The lowest BCUT2D eigenvalue weighted by atomic mass is 10.2. The number of fused-ring (bicyclic) bond motifs is 1. The third-order valence-electron chi connectivity index (χ3n) is 1.88. The van der Waals surface area contributed by atoms with Crippen molar-refractivity contribution in [2.75, 3.05) is 0 Å². The Kier molecular flexibility index (Phi) is 1.65. The van der Waals surface area contributed by atoms with E-state index in [0.29, 0.717) is 16.7 Å². The molecule has 0 fully saturated rings. The Bertz CT molecular complexity index is 509. The second-order valence-corrected chi connectivity index (χ2v) is 3.03. The minimum Gasteiger partial charge on any atom is -0.428 e. The molecule has 0 aromatic carbocycles. The summed E-state index contributed by atoms with van der Waals surface area (Å²) in [5.74, 6) is 0.593. The average Bonchev–Trinajstić information content (AvgIpc) is 2.02. The van der Waals surface area contributed by atoms with Crippen LogP contribution in [0.3, 0.4) is 0 Å². The number of hydrogen-bond acceptors (Lipinski definition) is 3. The van der Waals surface area contributed by atoms with E-state index in [4.69, 9.17) is 4.42 Å². The van der Waals surface area contributed by atoms with Gasteiger partial charge in [0, 0.05) is 11.8 Å². The fraction of sp³-hybridized carbons (Fsp3) is 0.200. The molecule has 0 atom stereocenters. The van der Waals surface area contributed by atoms with Gasteiger partial charge in [0.2, 0.25) is 0 Å². The predicted octanol–water partition coefficient (Wildman–Crippen LogP) is 1.80. The Morgan fingerprint density at radius 3 is 2.85 bits per heavy atom. The Morgan fingerprint density at radius 1 is 1.31 bits per heavy atom. The van der Waals surface area contributed by atoms with Crippen LogP contribution in [-0.4, -0.2) is 4.98 Å². The molecule has 0 saturated heterocycles. The van der Waals surface area contributed by atoms with Gasteiger partial charge in [0.1, 0.15) is 5.76 Å². The summed E-state index contributed by atoms with van der Waals surface area (Å²) in [5, 5.41) is 0.538. The normalized spacial score (nSPS) is 10.6. The van der Waals surface area contributed by atoms with Crippen molar-refractivity contribution < 1.29 is 4.42 Å². The summed E-state index contributed by atoms with van der Waals surface area (Å²) in [6.45, 7) is 3.63. The molecule has 2 rings (SSSR count). The number of rotatable bonds is 0. The molecule has 0 aliphatic rings. The molecule has 0 aliphatic heterocycles. The first-order chi connectivity index (χ1) is 6.16. The van der Waals surface area contributed by atoms with Gasteiger partial charge in [0.15, 0.2) is 0 Å². The van der Waals surface area contributed by atoms with Gasteiger partial charge in [-0.05, 0) is 26.0 Å². The maximum atomic E-state index is 11.3. The summed E-state index contributed by atoms with van der Waals surface area (Å²) >= 11 is 0. The lowest BCUT2D eigenvalue weighted by Gasteiger charge is -1.97. The first-order valence-corrected chi connectivity index (χ1v) is 4.05. The largest absolute Gasteiger partial charge is 0.428 e. The molecular formula is C10H9NO2. The minimum atomic E-state index is -0.317. The standard InChI is InChI=1S/C10H9NO2/c1-6-3-4-8-9(11-6)5-7(2)13-10(8)12/h3-5H,1-2H3. The molecule has 2 aromatic rings. The summed E-state index contributed by atoms with van der Waals surface area (Å²) in [7, 11) is 0. The zero-order valence-electron chi connectivity index (χ0n) is 7.50. The third kappa shape index (κ3) is 1.33. The first kappa shape index (κ1) is 7.98. The highest BCUT2D eigenvalue weighted by atomic mass is 16.4. The van der Waals surface area contributed by atoms with E-state index in [1.165, 1.54) is 0 Å². The van der Waals surface area contributed by atoms with Crippen LogP contribution in [0.15, 0.2) is 27.4 Å². The summed E-state index contributed by atoms with van der Waals surface area (Å²) < 4.78 is 4.93. The molecule has 0 radical (unpaired) electrons. The number of aromatic nitrogens is 1. The smallest absolute Gasteiger partial charge is 0.345 e. The molecule has 0 amide bonds. The zero-order valence-corrected chi connectivity index (χ0v) is 7.50. The van der Waals surface area contributed by atoms with Gasteiger partial charge in [-0.15, -0.1) is 0 Å². The van der Waals surface area contributed by atoms with Crippen LogP contribution in [0.1, 0.15) is 11.5 Å². The van der Waals surface area contributed by atoms with Crippen molar-refractivity contribution in [1.29, 1.82) is 0 Å². The van der Waals surface area contributed by atoms with E-state index >= 15 is 0 Å². The van der Waals surface area contributed by atoms with Gasteiger partial charge in [-0.2, -0.15) is 0 Å². The highest BCUT2D eigenvalue weighted by Crippen LogP contribution is 2.09. The molecule has 0 spiro atoms. The highest BCUT2D eigenvalue weighted by Gasteiger charge is 2.02.